The topological polar surface area (TPSA) is 96.4 Å². The zero-order valence-corrected chi connectivity index (χ0v) is 24.6. The number of amides is 2. The zero-order chi connectivity index (χ0) is 29.3. The molecule has 4 aromatic rings. The number of fused-ring (bicyclic) bond motifs is 3. The van der Waals surface area contributed by atoms with Crippen molar-refractivity contribution in [1.29, 1.82) is 0 Å². The van der Waals surface area contributed by atoms with E-state index >= 15 is 0 Å². The van der Waals surface area contributed by atoms with Crippen molar-refractivity contribution in [2.75, 3.05) is 28.8 Å². The summed E-state index contributed by atoms with van der Waals surface area (Å²) in [5.74, 6) is -1.20. The molecule has 1 N–H and O–H groups in total. The van der Waals surface area contributed by atoms with Gasteiger partial charge >= 0.3 is 0 Å². The number of carbonyl (C=O) groups excluding carboxylic acids is 2. The first kappa shape index (κ1) is 28.6. The van der Waals surface area contributed by atoms with Crippen LogP contribution in [0.25, 0.3) is 10.4 Å². The molecule has 0 spiro atoms. The minimum atomic E-state index is -3.12. The number of hydrogen-bond acceptors (Lipinski definition) is 6. The van der Waals surface area contributed by atoms with E-state index in [2.05, 4.69) is 10.3 Å². The number of aryl methyl sites for hydroxylation is 1. The Kier molecular flexibility index (Phi) is 8.06. The lowest BCUT2D eigenvalue weighted by atomic mass is 10.1. The monoisotopic (exact) mass is 591 g/mol. The van der Waals surface area contributed by atoms with Gasteiger partial charge in [0.25, 0.3) is 11.8 Å². The quantitative estimate of drug-likeness (QED) is 0.287. The lowest BCUT2D eigenvalue weighted by molar-refractivity contribution is 0.0980. The largest absolute Gasteiger partial charge is 0.319 e. The summed E-state index contributed by atoms with van der Waals surface area (Å²) in [6.45, 7) is 3.97. The highest BCUT2D eigenvalue weighted by molar-refractivity contribution is 7.90. The number of halogens is 1. The Morgan fingerprint density at radius 3 is 2.61 bits per heavy atom. The summed E-state index contributed by atoms with van der Waals surface area (Å²) in [6, 6.07) is 19.3. The molecule has 212 valence electrons. The molecule has 1 aliphatic heterocycles. The first-order chi connectivity index (χ1) is 19.5. The number of hydrogen-bond donors (Lipinski definition) is 1. The van der Waals surface area contributed by atoms with Crippen molar-refractivity contribution in [3.05, 3.63) is 99.9 Å². The predicted octanol–water partition coefficient (Wildman–Crippen LogP) is 5.94. The molecule has 0 aliphatic carbocycles. The number of aromatic nitrogens is 1. The Morgan fingerprint density at radius 2 is 1.85 bits per heavy atom. The Morgan fingerprint density at radius 1 is 1.10 bits per heavy atom. The first-order valence-electron chi connectivity index (χ1n) is 13.2. The van der Waals surface area contributed by atoms with Crippen molar-refractivity contribution in [1.82, 2.24) is 4.98 Å². The fraction of sp³-hybridized carbons (Fsp3) is 0.258. The van der Waals surface area contributed by atoms with Gasteiger partial charge in [0.2, 0.25) is 0 Å². The number of carbonyl (C=O) groups is 2. The van der Waals surface area contributed by atoms with Crippen LogP contribution in [0.5, 0.6) is 0 Å². The van der Waals surface area contributed by atoms with Gasteiger partial charge in [0.15, 0.2) is 0 Å². The van der Waals surface area contributed by atoms with Crippen molar-refractivity contribution in [2.24, 2.45) is 5.92 Å². The van der Waals surface area contributed by atoms with Crippen LogP contribution >= 0.6 is 11.3 Å². The second-order valence-electron chi connectivity index (χ2n) is 10.5. The van der Waals surface area contributed by atoms with E-state index in [4.69, 9.17) is 0 Å². The van der Waals surface area contributed by atoms with Crippen molar-refractivity contribution in [3.8, 4) is 10.4 Å². The maximum Gasteiger partial charge on any atom is 0.276 e. The molecule has 0 radical (unpaired) electrons. The zero-order valence-electron chi connectivity index (χ0n) is 23.0. The SMILES string of the molecule is Cc1cccc(F)c1NC(=O)c1cc2c(s1)-c1ccccc1N(C(=O)c1cccc(CC(C)CS(C)(=O)=O)n1)CC2. The number of anilines is 2. The predicted molar refractivity (Wildman–Crippen MR) is 161 cm³/mol. The molecular weight excluding hydrogens is 561 g/mol. The van der Waals surface area contributed by atoms with E-state index in [1.807, 2.05) is 37.3 Å². The number of sulfone groups is 1. The van der Waals surface area contributed by atoms with Gasteiger partial charge in [-0.25, -0.2) is 17.8 Å². The molecule has 5 rings (SSSR count). The minimum Gasteiger partial charge on any atom is -0.319 e. The number of nitrogens with one attached hydrogen (secondary N) is 1. The summed E-state index contributed by atoms with van der Waals surface area (Å²) in [7, 11) is -3.12. The molecule has 7 nitrogen and oxygen atoms in total. The van der Waals surface area contributed by atoms with Gasteiger partial charge in [-0.3, -0.25) is 9.59 Å². The summed E-state index contributed by atoms with van der Waals surface area (Å²) < 4.78 is 37.7. The standard InChI is InChI=1S/C31H30FN3O4S2/c1-19(18-41(3,38)39)16-22-9-7-12-25(33-22)31(37)35-15-14-21-17-27(40-29(21)23-10-4-5-13-26(23)35)30(36)34-28-20(2)8-6-11-24(28)32/h4-13,17,19H,14-16,18H2,1-3H3,(H,34,36). The molecule has 2 amide bonds. The number of para-hydroxylation sites is 2. The first-order valence-corrected chi connectivity index (χ1v) is 16.1. The van der Waals surface area contributed by atoms with Crippen molar-refractivity contribution < 1.29 is 22.4 Å². The Labute approximate surface area is 243 Å². The van der Waals surface area contributed by atoms with E-state index in [9.17, 15) is 22.4 Å². The maximum atomic E-state index is 14.3. The molecule has 1 aliphatic rings. The van der Waals surface area contributed by atoms with Crippen LogP contribution in [-0.2, 0) is 22.7 Å². The molecule has 0 bridgehead atoms. The second kappa shape index (κ2) is 11.5. The van der Waals surface area contributed by atoms with Crippen molar-refractivity contribution in [3.63, 3.8) is 0 Å². The van der Waals surface area contributed by atoms with E-state index in [1.165, 1.54) is 23.7 Å². The van der Waals surface area contributed by atoms with E-state index in [0.717, 1.165) is 16.0 Å². The summed E-state index contributed by atoms with van der Waals surface area (Å²) in [5.41, 5.74) is 4.23. The highest BCUT2D eigenvalue weighted by atomic mass is 32.2. The summed E-state index contributed by atoms with van der Waals surface area (Å²) in [6.07, 6.45) is 2.18. The Bertz CT molecular complexity index is 1730. The van der Waals surface area contributed by atoms with Crippen LogP contribution in [-0.4, -0.2) is 43.8 Å². The molecule has 0 fully saturated rings. The number of benzene rings is 2. The van der Waals surface area contributed by atoms with E-state index in [0.29, 0.717) is 41.2 Å². The van der Waals surface area contributed by atoms with E-state index in [-0.39, 0.29) is 34.9 Å². The van der Waals surface area contributed by atoms with Gasteiger partial charge in [0, 0.05) is 28.9 Å². The highest BCUT2D eigenvalue weighted by Gasteiger charge is 2.28. The average molecular weight is 592 g/mol. The van der Waals surface area contributed by atoms with Gasteiger partial charge in [-0.2, -0.15) is 0 Å². The van der Waals surface area contributed by atoms with Crippen LogP contribution in [0.4, 0.5) is 15.8 Å². The van der Waals surface area contributed by atoms with Gasteiger partial charge in [0.05, 0.1) is 22.0 Å². The summed E-state index contributed by atoms with van der Waals surface area (Å²) >= 11 is 1.32. The minimum absolute atomic E-state index is 0.0503. The van der Waals surface area contributed by atoms with Crippen molar-refractivity contribution >= 4 is 44.4 Å². The number of rotatable bonds is 7. The Hall–Kier alpha value is -3.89. The van der Waals surface area contributed by atoms with Crippen LogP contribution in [0.2, 0.25) is 0 Å². The Balaban J connectivity index is 1.41. The smallest absolute Gasteiger partial charge is 0.276 e. The third-order valence-corrected chi connectivity index (χ3v) is 9.34. The molecule has 0 saturated heterocycles. The average Bonchev–Trinajstić information content (AvgIpc) is 3.28. The summed E-state index contributed by atoms with van der Waals surface area (Å²) in [4.78, 5) is 34.5. The van der Waals surface area contributed by atoms with Gasteiger partial charge in [-0.1, -0.05) is 43.3 Å². The van der Waals surface area contributed by atoms with Gasteiger partial charge < -0.3 is 10.2 Å². The van der Waals surface area contributed by atoms with Gasteiger partial charge in [-0.05, 0) is 67.1 Å². The molecule has 41 heavy (non-hydrogen) atoms. The van der Waals surface area contributed by atoms with E-state index < -0.39 is 15.7 Å². The molecule has 0 saturated carbocycles. The number of thiophene rings is 1. The molecule has 2 aromatic heterocycles. The second-order valence-corrected chi connectivity index (χ2v) is 13.7. The normalized spacial score (nSPS) is 13.6. The molecule has 3 heterocycles. The fourth-order valence-corrected chi connectivity index (χ4v) is 7.46. The molecular formula is C31H30FN3O4S2. The highest BCUT2D eigenvalue weighted by Crippen LogP contribution is 2.42. The third-order valence-electron chi connectivity index (χ3n) is 6.95. The van der Waals surface area contributed by atoms with Crippen molar-refractivity contribution in [2.45, 2.75) is 26.7 Å². The molecule has 2 aromatic carbocycles. The van der Waals surface area contributed by atoms with Crippen LogP contribution in [0.3, 0.4) is 0 Å². The molecule has 10 heteroatoms. The molecule has 1 unspecified atom stereocenters. The number of pyridine rings is 1. The van der Waals surface area contributed by atoms with E-state index in [1.54, 1.807) is 42.2 Å². The third kappa shape index (κ3) is 6.39. The van der Waals surface area contributed by atoms with Gasteiger partial charge in [-0.15, -0.1) is 11.3 Å². The van der Waals surface area contributed by atoms with Crippen LogP contribution < -0.4 is 10.2 Å². The van der Waals surface area contributed by atoms with Gasteiger partial charge in [0.1, 0.15) is 21.3 Å². The number of nitrogens with zero attached hydrogens (tertiary/aromatic N) is 2. The lowest BCUT2D eigenvalue weighted by Gasteiger charge is -2.23. The van der Waals surface area contributed by atoms with Crippen LogP contribution in [0.1, 0.15) is 43.9 Å². The van der Waals surface area contributed by atoms with Crippen LogP contribution in [0.15, 0.2) is 66.7 Å². The van der Waals surface area contributed by atoms with Crippen LogP contribution in [0, 0.1) is 18.7 Å². The fourth-order valence-electron chi connectivity index (χ4n) is 5.17. The summed E-state index contributed by atoms with van der Waals surface area (Å²) in [5, 5.41) is 2.71. The maximum absolute atomic E-state index is 14.3. The lowest BCUT2D eigenvalue weighted by Crippen LogP contribution is -2.33. The molecule has 1 atom stereocenters.